The number of aliphatic hydroxyl groups excluding tert-OH is 1. The van der Waals surface area contributed by atoms with Gasteiger partial charge in [0.2, 0.25) is 7.98 Å². The first kappa shape index (κ1) is 22.9. The third-order valence-corrected chi connectivity index (χ3v) is 4.12. The van der Waals surface area contributed by atoms with Gasteiger partial charge in [-0.25, -0.2) is 9.36 Å². The third-order valence-electron chi connectivity index (χ3n) is 2.69. The molecule has 144 valence electrons. The Morgan fingerprint density at radius 3 is 2.41 bits per heavy atom. The molecule has 1 rings (SSSR count). The van der Waals surface area contributed by atoms with Crippen LogP contribution in [0.1, 0.15) is 5.56 Å². The molecule has 0 aliphatic heterocycles. The zero-order chi connectivity index (χ0) is 20.0. The number of benzene rings is 1. The molecule has 0 aromatic heterocycles. The fourth-order valence-corrected chi connectivity index (χ4v) is 2.72. The molecular weight excluding hydrogens is 379 g/mol. The summed E-state index contributed by atoms with van der Waals surface area (Å²) in [7, 11) is 5.81. The minimum Gasteiger partial charge on any atom is -0.512 e. The first-order valence-corrected chi connectivity index (χ1v) is 9.02. The van der Waals surface area contributed by atoms with Crippen LogP contribution in [0.25, 0.3) is 0 Å². The monoisotopic (exact) mass is 397 g/mol. The maximum Gasteiger partial charge on any atom is 0.530 e. The van der Waals surface area contributed by atoms with Gasteiger partial charge in [0, 0.05) is 0 Å². The number of hydrogen-bond acceptors (Lipinski definition) is 9. The topological polar surface area (TPSA) is 122 Å². The fraction of sp³-hybridized carbons (Fsp3) is 0.357. The molecule has 1 aromatic rings. The van der Waals surface area contributed by atoms with Crippen LogP contribution in [0.3, 0.4) is 0 Å². The van der Waals surface area contributed by atoms with Crippen LogP contribution in [-0.4, -0.2) is 53.7 Å². The Bertz CT molecular complexity index is 630. The molecule has 2 N–H and O–H groups in total. The number of carbonyl (C=O) groups is 1. The molecule has 27 heavy (non-hydrogen) atoms. The van der Waals surface area contributed by atoms with Crippen molar-refractivity contribution in [3.63, 3.8) is 0 Å². The maximum absolute atomic E-state index is 12.7. The molecule has 0 aliphatic carbocycles. The predicted octanol–water partition coefficient (Wildman–Crippen LogP) is 1.66. The molecule has 13 heteroatoms. The van der Waals surface area contributed by atoms with Crippen molar-refractivity contribution in [3.8, 4) is 5.75 Å². The lowest BCUT2D eigenvalue weighted by atomic mass is 10.2. The van der Waals surface area contributed by atoms with Gasteiger partial charge in [0.25, 0.3) is 8.05 Å². The Morgan fingerprint density at radius 1 is 1.15 bits per heavy atom. The summed E-state index contributed by atoms with van der Waals surface area (Å²) < 4.78 is 42.2. The summed E-state index contributed by atoms with van der Waals surface area (Å²) in [5, 5.41) is 10.3. The number of phosphoric acid groups is 1. The average Bonchev–Trinajstić information content (AvgIpc) is 2.67. The Balaban J connectivity index is 2.64. The van der Waals surface area contributed by atoms with E-state index in [0.29, 0.717) is 11.8 Å². The summed E-state index contributed by atoms with van der Waals surface area (Å²) in [4.78, 5) is 10.9. The third kappa shape index (κ3) is 9.95. The highest BCUT2D eigenvalue weighted by molar-refractivity contribution is 7.48. The number of ether oxygens (including phenoxy) is 2. The van der Waals surface area contributed by atoms with Crippen molar-refractivity contribution in [3.05, 3.63) is 42.4 Å². The molecule has 0 aliphatic rings. The van der Waals surface area contributed by atoms with Gasteiger partial charge in [0.15, 0.2) is 0 Å². The van der Waals surface area contributed by atoms with Crippen molar-refractivity contribution in [1.82, 2.24) is 5.23 Å². The lowest BCUT2D eigenvalue weighted by molar-refractivity contribution is 0.110. The second-order valence-electron chi connectivity index (χ2n) is 4.60. The molecule has 0 bridgehead atoms. The molecule has 0 saturated heterocycles. The number of hydrogen-bond donors (Lipinski definition) is 2. The predicted molar refractivity (Wildman–Crippen MR) is 95.1 cm³/mol. The lowest BCUT2D eigenvalue weighted by Crippen LogP contribution is -2.20. The van der Waals surface area contributed by atoms with Gasteiger partial charge < -0.3 is 29.0 Å². The van der Waals surface area contributed by atoms with Crippen LogP contribution in [0.15, 0.2) is 36.8 Å². The molecule has 0 fully saturated rings. The van der Waals surface area contributed by atoms with Crippen LogP contribution in [0.5, 0.6) is 5.75 Å². The van der Waals surface area contributed by atoms with Crippen LogP contribution >= 0.6 is 7.82 Å². The first-order chi connectivity index (χ1) is 13.0. The van der Waals surface area contributed by atoms with Crippen molar-refractivity contribution in [2.24, 2.45) is 0 Å². The number of amides is 1. The van der Waals surface area contributed by atoms with Crippen molar-refractivity contribution in [2.75, 3.05) is 26.4 Å². The minimum atomic E-state index is -3.98. The molecule has 4 radical (unpaired) electrons. The van der Waals surface area contributed by atoms with Gasteiger partial charge in [-0.15, -0.1) is 0 Å². The Hall–Kier alpha value is -2.13. The van der Waals surface area contributed by atoms with Crippen LogP contribution in [0.2, 0.25) is 0 Å². The van der Waals surface area contributed by atoms with Gasteiger partial charge in [0.1, 0.15) is 31.5 Å². The van der Waals surface area contributed by atoms with Crippen LogP contribution in [0.4, 0.5) is 4.79 Å². The summed E-state index contributed by atoms with van der Waals surface area (Å²) in [6.45, 7) is -0.311. The Kier molecular flexibility index (Phi) is 11.1. The van der Waals surface area contributed by atoms with Crippen molar-refractivity contribution >= 4 is 29.9 Å². The summed E-state index contributed by atoms with van der Waals surface area (Å²) in [6.07, 6.45) is 0.958. The second kappa shape index (κ2) is 13.1. The highest BCUT2D eigenvalue weighted by atomic mass is 31.2. The quantitative estimate of drug-likeness (QED) is 0.222. The summed E-state index contributed by atoms with van der Waals surface area (Å²) in [5.41, 5.74) is 0.642. The van der Waals surface area contributed by atoms with E-state index >= 15 is 0 Å². The maximum atomic E-state index is 12.7. The highest BCUT2D eigenvalue weighted by Crippen LogP contribution is 2.49. The van der Waals surface area contributed by atoms with Crippen LogP contribution in [-0.2, 0) is 34.3 Å². The average molecular weight is 397 g/mol. The highest BCUT2D eigenvalue weighted by Gasteiger charge is 2.28. The number of phosphoric ester groups is 1. The van der Waals surface area contributed by atoms with E-state index in [4.69, 9.17) is 44.2 Å². The molecule has 1 aromatic carbocycles. The molecule has 1 atom stereocenters. The molecule has 1 amide bonds. The van der Waals surface area contributed by atoms with Crippen molar-refractivity contribution in [1.29, 1.82) is 0 Å². The minimum absolute atomic E-state index is 0.000637. The Labute approximate surface area is 159 Å². The summed E-state index contributed by atoms with van der Waals surface area (Å²) >= 11 is 0. The number of aliphatic hydroxyl groups is 1. The summed E-state index contributed by atoms with van der Waals surface area (Å²) in [5.74, 6) is 0.190. The molecule has 10 nitrogen and oxygen atoms in total. The van der Waals surface area contributed by atoms with E-state index in [1.54, 1.807) is 12.1 Å². The zero-order valence-electron chi connectivity index (χ0n) is 14.3. The van der Waals surface area contributed by atoms with E-state index in [2.05, 4.69) is 4.65 Å². The van der Waals surface area contributed by atoms with Gasteiger partial charge in [-0.2, -0.15) is 0 Å². The number of carbonyl (C=O) groups excluding carboxylic acids is 1. The molecular formula is C14H18B2NO9P. The van der Waals surface area contributed by atoms with E-state index < -0.39 is 13.9 Å². The van der Waals surface area contributed by atoms with Gasteiger partial charge in [0.05, 0.1) is 19.8 Å². The fourth-order valence-electron chi connectivity index (χ4n) is 1.56. The first-order valence-electron chi connectivity index (χ1n) is 7.56. The molecule has 0 heterocycles. The van der Waals surface area contributed by atoms with Gasteiger partial charge >= 0.3 is 13.9 Å². The van der Waals surface area contributed by atoms with Crippen molar-refractivity contribution < 1.29 is 42.2 Å². The molecule has 1 unspecified atom stereocenters. The standard InChI is InChI=1S/C14H18B2NO9P/c15-17-14(19)22-11-12-1-3-13(4-2-12)26-27(20,25-10-8-23-16)24-9-7-21-6-5-18/h1-6,18H,7-11H2,(H,17,19)/b6-5+. The molecule has 0 saturated carbocycles. The van der Waals surface area contributed by atoms with E-state index in [-0.39, 0.29) is 38.8 Å². The number of nitrogens with one attached hydrogen (secondary N) is 1. The second-order valence-corrected chi connectivity index (χ2v) is 6.19. The van der Waals surface area contributed by atoms with E-state index in [1.165, 1.54) is 12.1 Å². The SMILES string of the molecule is [B]NC(=O)OCc1ccc(OP(=O)(OCCO[B])OCCO/C=C/O)cc1. The van der Waals surface area contributed by atoms with E-state index in [9.17, 15) is 9.36 Å². The number of rotatable bonds is 13. The largest absolute Gasteiger partial charge is 0.530 e. The molecule has 0 spiro atoms. The normalized spacial score (nSPS) is 13.0. The van der Waals surface area contributed by atoms with E-state index in [0.717, 1.165) is 6.26 Å². The van der Waals surface area contributed by atoms with Crippen molar-refractivity contribution in [2.45, 2.75) is 6.61 Å². The van der Waals surface area contributed by atoms with Gasteiger partial charge in [-0.3, -0.25) is 9.05 Å². The summed E-state index contributed by atoms with van der Waals surface area (Å²) in [6, 6.07) is 6.15. The lowest BCUT2D eigenvalue weighted by Gasteiger charge is -2.18. The van der Waals surface area contributed by atoms with Crippen LogP contribution in [0, 0.1) is 0 Å². The van der Waals surface area contributed by atoms with E-state index in [1.807, 2.05) is 5.23 Å². The smallest absolute Gasteiger partial charge is 0.512 e. The Morgan fingerprint density at radius 2 is 1.81 bits per heavy atom. The van der Waals surface area contributed by atoms with Gasteiger partial charge in [-0.1, -0.05) is 12.1 Å². The zero-order valence-corrected chi connectivity index (χ0v) is 15.2. The van der Waals surface area contributed by atoms with Crippen LogP contribution < -0.4 is 9.75 Å². The van der Waals surface area contributed by atoms with Gasteiger partial charge in [-0.05, 0) is 17.7 Å².